The molecule has 0 bridgehead atoms. The van der Waals surface area contributed by atoms with Crippen LogP contribution >= 0.6 is 24.0 Å². The summed E-state index contributed by atoms with van der Waals surface area (Å²) >= 11 is 0. The third kappa shape index (κ3) is 6.93. The van der Waals surface area contributed by atoms with E-state index in [1.54, 1.807) is 0 Å². The van der Waals surface area contributed by atoms with Crippen molar-refractivity contribution in [3.05, 3.63) is 65.6 Å². The summed E-state index contributed by atoms with van der Waals surface area (Å²) in [5.41, 5.74) is 5.15. The summed E-state index contributed by atoms with van der Waals surface area (Å²) in [7, 11) is 0. The van der Waals surface area contributed by atoms with Crippen molar-refractivity contribution in [3.63, 3.8) is 0 Å². The number of likely N-dealkylation sites (tertiary alicyclic amines) is 1. The number of nitrogens with one attached hydrogen (secondary N) is 3. The normalized spacial score (nSPS) is 15.4. The molecule has 1 aromatic carbocycles. The van der Waals surface area contributed by atoms with Crippen molar-refractivity contribution in [3.8, 4) is 0 Å². The molecule has 0 amide bonds. The first kappa shape index (κ1) is 25.5. The second-order valence-electron chi connectivity index (χ2n) is 8.53. The topological polar surface area (TPSA) is 68.3 Å². The highest BCUT2D eigenvalue weighted by molar-refractivity contribution is 14.0. The van der Waals surface area contributed by atoms with Crippen molar-refractivity contribution in [2.45, 2.75) is 52.1 Å². The second-order valence-corrected chi connectivity index (χ2v) is 8.53. The second kappa shape index (κ2) is 12.9. The van der Waals surface area contributed by atoms with Gasteiger partial charge in [0.1, 0.15) is 0 Å². The number of halogens is 1. The zero-order valence-corrected chi connectivity index (χ0v) is 22.1. The largest absolute Gasteiger partial charge is 0.361 e. The van der Waals surface area contributed by atoms with Gasteiger partial charge in [-0.25, -0.2) is 0 Å². The number of pyridine rings is 1. The molecule has 0 saturated carbocycles. The van der Waals surface area contributed by atoms with Gasteiger partial charge in [-0.2, -0.15) is 0 Å². The highest BCUT2D eigenvalue weighted by Gasteiger charge is 2.20. The van der Waals surface area contributed by atoms with Crippen molar-refractivity contribution in [2.75, 3.05) is 26.2 Å². The maximum Gasteiger partial charge on any atom is 0.191 e. The quantitative estimate of drug-likeness (QED) is 0.216. The van der Waals surface area contributed by atoms with Crippen LogP contribution in [0.5, 0.6) is 0 Å². The molecule has 3 N–H and O–H groups in total. The van der Waals surface area contributed by atoms with E-state index >= 15 is 0 Å². The molecule has 3 aromatic rings. The van der Waals surface area contributed by atoms with Gasteiger partial charge in [0.25, 0.3) is 0 Å². The minimum absolute atomic E-state index is 0. The zero-order valence-electron chi connectivity index (χ0n) is 19.8. The van der Waals surface area contributed by atoms with Crippen LogP contribution in [-0.2, 0) is 19.4 Å². The van der Waals surface area contributed by atoms with Crippen molar-refractivity contribution < 1.29 is 0 Å². The summed E-state index contributed by atoms with van der Waals surface area (Å²) in [5, 5.41) is 8.42. The Morgan fingerprint density at radius 3 is 2.70 bits per heavy atom. The maximum absolute atomic E-state index is 4.88. The molecule has 33 heavy (non-hydrogen) atoms. The number of guanidine groups is 1. The summed E-state index contributed by atoms with van der Waals surface area (Å²) in [5.74, 6) is 0.935. The van der Waals surface area contributed by atoms with E-state index in [4.69, 9.17) is 4.99 Å². The Labute approximate surface area is 214 Å². The van der Waals surface area contributed by atoms with E-state index in [1.807, 2.05) is 12.3 Å². The predicted molar refractivity (Wildman–Crippen MR) is 148 cm³/mol. The van der Waals surface area contributed by atoms with E-state index in [-0.39, 0.29) is 24.0 Å². The van der Waals surface area contributed by atoms with Gasteiger partial charge in [0.2, 0.25) is 0 Å². The number of piperidine rings is 1. The Bertz CT molecular complexity index is 1010. The van der Waals surface area contributed by atoms with Crippen LogP contribution in [-0.4, -0.2) is 53.0 Å². The molecule has 0 unspecified atom stereocenters. The first-order valence-electron chi connectivity index (χ1n) is 12.0. The number of hydrogen-bond acceptors (Lipinski definition) is 3. The number of aryl methyl sites for hydroxylation is 1. The van der Waals surface area contributed by atoms with Crippen LogP contribution in [0, 0.1) is 0 Å². The molecule has 7 heteroatoms. The monoisotopic (exact) mass is 560 g/mol. The molecule has 1 aliphatic rings. The Kier molecular flexibility index (Phi) is 9.99. The minimum Gasteiger partial charge on any atom is -0.361 e. The lowest BCUT2D eigenvalue weighted by atomic mass is 10.0. The molecule has 1 fully saturated rings. The lowest BCUT2D eigenvalue weighted by molar-refractivity contribution is 0.196. The molecule has 0 atom stereocenters. The maximum atomic E-state index is 4.88. The number of hydrogen-bond donors (Lipinski definition) is 3. The van der Waals surface area contributed by atoms with Gasteiger partial charge in [-0.1, -0.05) is 31.2 Å². The zero-order chi connectivity index (χ0) is 22.2. The summed E-state index contributed by atoms with van der Waals surface area (Å²) in [6, 6.07) is 13.2. The van der Waals surface area contributed by atoms with E-state index in [0.717, 1.165) is 70.1 Å². The fraction of sp³-hybridized carbons (Fsp3) is 0.462. The fourth-order valence-corrected chi connectivity index (χ4v) is 4.53. The number of aromatic amines is 1. The summed E-state index contributed by atoms with van der Waals surface area (Å²) in [6.45, 7) is 9.08. The first-order valence-corrected chi connectivity index (χ1v) is 12.0. The Morgan fingerprint density at radius 1 is 1.12 bits per heavy atom. The number of aromatic nitrogens is 2. The fourth-order valence-electron chi connectivity index (χ4n) is 4.53. The summed E-state index contributed by atoms with van der Waals surface area (Å²) in [6.07, 6.45) is 8.26. The van der Waals surface area contributed by atoms with Gasteiger partial charge in [0, 0.05) is 62.1 Å². The lowest BCUT2D eigenvalue weighted by Crippen LogP contribution is -2.48. The number of para-hydroxylation sites is 1. The van der Waals surface area contributed by atoms with Crippen LogP contribution in [0.25, 0.3) is 10.9 Å². The van der Waals surface area contributed by atoms with Crippen LogP contribution < -0.4 is 10.6 Å². The van der Waals surface area contributed by atoms with Gasteiger partial charge in [-0.05, 0) is 55.9 Å². The highest BCUT2D eigenvalue weighted by Crippen LogP contribution is 2.22. The molecular weight excluding hydrogens is 523 g/mol. The van der Waals surface area contributed by atoms with Gasteiger partial charge < -0.3 is 15.6 Å². The van der Waals surface area contributed by atoms with Crippen molar-refractivity contribution >= 4 is 40.8 Å². The molecule has 2 aromatic heterocycles. The third-order valence-corrected chi connectivity index (χ3v) is 6.30. The lowest BCUT2D eigenvalue weighted by Gasteiger charge is -2.32. The standard InChI is InChI=1S/C26H36N6.HI/c1-3-20-8-7-10-24-21(18-30-25(20)24)11-15-29-26(27-4-2)31-22-12-16-32(17-13-22)19-23-9-5-6-14-28-23;/h5-10,14,18,22,30H,3-4,11-13,15-17,19H2,1-2H3,(H2,27,29,31);1H. The number of fused-ring (bicyclic) bond motifs is 1. The van der Waals surface area contributed by atoms with Crippen LogP contribution in [0.1, 0.15) is 43.5 Å². The van der Waals surface area contributed by atoms with Gasteiger partial charge in [0.05, 0.1) is 5.69 Å². The molecule has 4 rings (SSSR count). The van der Waals surface area contributed by atoms with Gasteiger partial charge in [-0.15, -0.1) is 24.0 Å². The summed E-state index contributed by atoms with van der Waals surface area (Å²) < 4.78 is 0. The van der Waals surface area contributed by atoms with Crippen LogP contribution in [0.4, 0.5) is 0 Å². The molecule has 0 spiro atoms. The third-order valence-electron chi connectivity index (χ3n) is 6.30. The molecule has 178 valence electrons. The first-order chi connectivity index (χ1) is 15.8. The summed E-state index contributed by atoms with van der Waals surface area (Å²) in [4.78, 5) is 15.3. The van der Waals surface area contributed by atoms with Crippen molar-refractivity contribution in [2.24, 2.45) is 4.99 Å². The predicted octanol–water partition coefficient (Wildman–Crippen LogP) is 4.51. The van der Waals surface area contributed by atoms with Gasteiger partial charge in [0.15, 0.2) is 5.96 Å². The number of rotatable bonds is 8. The number of nitrogens with zero attached hydrogens (tertiary/aromatic N) is 3. The van der Waals surface area contributed by atoms with E-state index in [9.17, 15) is 0 Å². The number of H-pyrrole nitrogens is 1. The molecule has 6 nitrogen and oxygen atoms in total. The van der Waals surface area contributed by atoms with Gasteiger partial charge >= 0.3 is 0 Å². The van der Waals surface area contributed by atoms with Crippen LogP contribution in [0.2, 0.25) is 0 Å². The molecule has 1 aliphatic heterocycles. The SMILES string of the molecule is CCNC(=NCCc1c[nH]c2c(CC)cccc12)NC1CCN(Cc2ccccn2)CC1.I. The van der Waals surface area contributed by atoms with Crippen LogP contribution in [0.15, 0.2) is 53.8 Å². The number of benzene rings is 1. The average molecular weight is 561 g/mol. The molecule has 0 aliphatic carbocycles. The van der Waals surface area contributed by atoms with Crippen LogP contribution in [0.3, 0.4) is 0 Å². The minimum atomic E-state index is 0. The van der Waals surface area contributed by atoms with E-state index in [0.29, 0.717) is 6.04 Å². The number of aliphatic imine (C=N–C) groups is 1. The van der Waals surface area contributed by atoms with E-state index in [1.165, 1.54) is 22.0 Å². The Morgan fingerprint density at radius 2 is 1.97 bits per heavy atom. The Balaban J connectivity index is 0.00000306. The molecule has 0 radical (unpaired) electrons. The van der Waals surface area contributed by atoms with Crippen molar-refractivity contribution in [1.82, 2.24) is 25.5 Å². The molecular formula is C26H37IN6. The van der Waals surface area contributed by atoms with Gasteiger partial charge in [-0.3, -0.25) is 14.9 Å². The van der Waals surface area contributed by atoms with E-state index < -0.39 is 0 Å². The average Bonchev–Trinajstić information content (AvgIpc) is 3.24. The van der Waals surface area contributed by atoms with E-state index in [2.05, 4.69) is 75.9 Å². The molecule has 1 saturated heterocycles. The Hall–Kier alpha value is -2.13. The molecule has 3 heterocycles. The smallest absolute Gasteiger partial charge is 0.191 e. The van der Waals surface area contributed by atoms with Crippen molar-refractivity contribution in [1.29, 1.82) is 0 Å². The highest BCUT2D eigenvalue weighted by atomic mass is 127.